The summed E-state index contributed by atoms with van der Waals surface area (Å²) in [6.07, 6.45) is 3.62. The van der Waals surface area contributed by atoms with Gasteiger partial charge in [0.25, 0.3) is 0 Å². The van der Waals surface area contributed by atoms with E-state index in [4.69, 9.17) is 5.73 Å². The molecule has 0 spiro atoms. The average molecular weight is 242 g/mol. The number of hydrogen-bond donors (Lipinski definition) is 1. The maximum absolute atomic E-state index is 5.92. The quantitative estimate of drug-likeness (QED) is 0.894. The van der Waals surface area contributed by atoms with Gasteiger partial charge in [-0.25, -0.2) is 4.98 Å². The molecular formula is C14H18N4. The highest BCUT2D eigenvalue weighted by Gasteiger charge is 2.08. The van der Waals surface area contributed by atoms with Crippen molar-refractivity contribution in [2.75, 3.05) is 17.2 Å². The van der Waals surface area contributed by atoms with Gasteiger partial charge in [0.15, 0.2) is 0 Å². The third kappa shape index (κ3) is 2.77. The summed E-state index contributed by atoms with van der Waals surface area (Å²) in [5, 5.41) is 0. The van der Waals surface area contributed by atoms with Gasteiger partial charge >= 0.3 is 0 Å². The first kappa shape index (κ1) is 12.4. The molecule has 0 bridgehead atoms. The minimum absolute atomic E-state index is 0.743. The Kier molecular flexibility index (Phi) is 3.77. The van der Waals surface area contributed by atoms with Crippen LogP contribution in [0.3, 0.4) is 0 Å². The fourth-order valence-electron chi connectivity index (χ4n) is 1.74. The number of nitrogens with two attached hydrogens (primary N) is 1. The topological polar surface area (TPSA) is 55.0 Å². The first-order valence-electron chi connectivity index (χ1n) is 6.07. The summed E-state index contributed by atoms with van der Waals surface area (Å²) in [6.45, 7) is 5.67. The highest BCUT2D eigenvalue weighted by molar-refractivity contribution is 5.54. The van der Waals surface area contributed by atoms with Gasteiger partial charge in [-0.1, -0.05) is 6.07 Å². The van der Waals surface area contributed by atoms with E-state index >= 15 is 0 Å². The van der Waals surface area contributed by atoms with Crippen molar-refractivity contribution in [2.45, 2.75) is 20.4 Å². The lowest BCUT2D eigenvalue weighted by atomic mass is 10.2. The van der Waals surface area contributed by atoms with Gasteiger partial charge in [0.05, 0.1) is 12.2 Å². The number of aromatic nitrogens is 2. The number of anilines is 2. The molecule has 2 rings (SSSR count). The summed E-state index contributed by atoms with van der Waals surface area (Å²) in [5.41, 5.74) is 8.74. The molecule has 0 saturated heterocycles. The Hall–Kier alpha value is -2.10. The minimum Gasteiger partial charge on any atom is -0.398 e. The molecule has 0 aliphatic heterocycles. The van der Waals surface area contributed by atoms with E-state index in [1.54, 1.807) is 6.20 Å². The summed E-state index contributed by atoms with van der Waals surface area (Å²) in [6, 6.07) is 7.84. The molecule has 2 aromatic rings. The van der Waals surface area contributed by atoms with E-state index in [0.29, 0.717) is 0 Å². The van der Waals surface area contributed by atoms with Gasteiger partial charge in [0, 0.05) is 30.7 Å². The molecule has 2 heterocycles. The lowest BCUT2D eigenvalue weighted by Crippen LogP contribution is -2.23. The fourth-order valence-corrected chi connectivity index (χ4v) is 1.74. The second-order valence-corrected chi connectivity index (χ2v) is 4.23. The first-order chi connectivity index (χ1) is 8.70. The number of nitrogen functional groups attached to an aromatic ring is 1. The summed E-state index contributed by atoms with van der Waals surface area (Å²) in [4.78, 5) is 10.9. The van der Waals surface area contributed by atoms with E-state index in [1.807, 2.05) is 37.4 Å². The number of pyridine rings is 2. The number of nitrogens with zero attached hydrogens (tertiary/aromatic N) is 3. The average Bonchev–Trinajstić information content (AvgIpc) is 2.40. The van der Waals surface area contributed by atoms with Crippen LogP contribution in [0.2, 0.25) is 0 Å². The fraction of sp³-hybridized carbons (Fsp3) is 0.286. The third-order valence-electron chi connectivity index (χ3n) is 2.92. The molecule has 18 heavy (non-hydrogen) atoms. The lowest BCUT2D eigenvalue weighted by Gasteiger charge is -2.22. The van der Waals surface area contributed by atoms with E-state index in [9.17, 15) is 0 Å². The van der Waals surface area contributed by atoms with Gasteiger partial charge in [0.1, 0.15) is 5.82 Å². The Morgan fingerprint density at radius 1 is 1.28 bits per heavy atom. The first-order valence-corrected chi connectivity index (χ1v) is 6.07. The number of rotatable bonds is 4. The minimum atomic E-state index is 0.743. The molecular weight excluding hydrogens is 224 g/mol. The standard InChI is InChI=1S/C14H18N4/c1-3-18(10-12-6-4-5-7-16-12)14-8-13(15)11(2)9-17-14/h4-9H,3,10H2,1-2H3,(H2,15,17). The van der Waals surface area contributed by atoms with Crippen LogP contribution in [-0.2, 0) is 6.54 Å². The highest BCUT2D eigenvalue weighted by Crippen LogP contribution is 2.18. The smallest absolute Gasteiger partial charge is 0.130 e. The SMILES string of the molecule is CCN(Cc1ccccn1)c1cc(N)c(C)cn1. The van der Waals surface area contributed by atoms with Crippen molar-refractivity contribution >= 4 is 11.5 Å². The summed E-state index contributed by atoms with van der Waals surface area (Å²) >= 11 is 0. The molecule has 2 aromatic heterocycles. The van der Waals surface area contributed by atoms with Crippen molar-refractivity contribution in [3.63, 3.8) is 0 Å². The van der Waals surface area contributed by atoms with E-state index in [2.05, 4.69) is 21.8 Å². The molecule has 0 unspecified atom stereocenters. The van der Waals surface area contributed by atoms with Crippen molar-refractivity contribution in [3.05, 3.63) is 47.9 Å². The molecule has 0 aliphatic rings. The molecule has 2 N–H and O–H groups in total. The van der Waals surface area contributed by atoms with Crippen LogP contribution in [0.4, 0.5) is 11.5 Å². The largest absolute Gasteiger partial charge is 0.398 e. The Labute approximate surface area is 107 Å². The van der Waals surface area contributed by atoms with Gasteiger partial charge in [-0.15, -0.1) is 0 Å². The zero-order valence-electron chi connectivity index (χ0n) is 10.8. The molecule has 0 saturated carbocycles. The van der Waals surface area contributed by atoms with E-state index in [-0.39, 0.29) is 0 Å². The molecule has 0 amide bonds. The summed E-state index contributed by atoms with van der Waals surface area (Å²) in [5.74, 6) is 0.895. The molecule has 94 valence electrons. The van der Waals surface area contributed by atoms with Crippen molar-refractivity contribution in [1.82, 2.24) is 9.97 Å². The van der Waals surface area contributed by atoms with Gasteiger partial charge in [-0.05, 0) is 31.5 Å². The predicted molar refractivity (Wildman–Crippen MR) is 74.3 cm³/mol. The van der Waals surface area contributed by atoms with Crippen molar-refractivity contribution in [1.29, 1.82) is 0 Å². The molecule has 0 aromatic carbocycles. The maximum atomic E-state index is 5.92. The Balaban J connectivity index is 2.20. The Morgan fingerprint density at radius 2 is 2.11 bits per heavy atom. The predicted octanol–water partition coefficient (Wildman–Crippen LogP) is 2.39. The summed E-state index contributed by atoms with van der Waals surface area (Å²) < 4.78 is 0. The van der Waals surface area contributed by atoms with Gasteiger partial charge in [0.2, 0.25) is 0 Å². The van der Waals surface area contributed by atoms with Crippen LogP contribution < -0.4 is 10.6 Å². The molecule has 0 radical (unpaired) electrons. The van der Waals surface area contributed by atoms with Gasteiger partial charge in [-0.3, -0.25) is 4.98 Å². The molecule has 0 aliphatic carbocycles. The summed E-state index contributed by atoms with van der Waals surface area (Å²) in [7, 11) is 0. The van der Waals surface area contributed by atoms with Crippen LogP contribution in [-0.4, -0.2) is 16.5 Å². The monoisotopic (exact) mass is 242 g/mol. The van der Waals surface area contributed by atoms with Gasteiger partial charge in [-0.2, -0.15) is 0 Å². The van der Waals surface area contributed by atoms with E-state index in [1.165, 1.54) is 0 Å². The van der Waals surface area contributed by atoms with Gasteiger partial charge < -0.3 is 10.6 Å². The van der Waals surface area contributed by atoms with Crippen molar-refractivity contribution < 1.29 is 0 Å². The second-order valence-electron chi connectivity index (χ2n) is 4.23. The maximum Gasteiger partial charge on any atom is 0.130 e. The molecule has 4 heteroatoms. The van der Waals surface area contributed by atoms with Crippen molar-refractivity contribution in [3.8, 4) is 0 Å². The van der Waals surface area contributed by atoms with Crippen LogP contribution in [0, 0.1) is 6.92 Å². The van der Waals surface area contributed by atoms with E-state index < -0.39 is 0 Å². The number of aryl methyl sites for hydroxylation is 1. The van der Waals surface area contributed by atoms with Crippen LogP contribution in [0.15, 0.2) is 36.7 Å². The lowest BCUT2D eigenvalue weighted by molar-refractivity contribution is 0.794. The van der Waals surface area contributed by atoms with E-state index in [0.717, 1.165) is 35.9 Å². The molecule has 0 atom stereocenters. The third-order valence-corrected chi connectivity index (χ3v) is 2.92. The van der Waals surface area contributed by atoms with Crippen LogP contribution in [0.5, 0.6) is 0 Å². The van der Waals surface area contributed by atoms with Crippen LogP contribution in [0.1, 0.15) is 18.2 Å². The van der Waals surface area contributed by atoms with Crippen LogP contribution in [0.25, 0.3) is 0 Å². The van der Waals surface area contributed by atoms with Crippen LogP contribution >= 0.6 is 0 Å². The Morgan fingerprint density at radius 3 is 2.72 bits per heavy atom. The van der Waals surface area contributed by atoms with Crippen molar-refractivity contribution in [2.24, 2.45) is 0 Å². The zero-order valence-corrected chi connectivity index (χ0v) is 10.8. The zero-order chi connectivity index (χ0) is 13.0. The number of hydrogen-bond acceptors (Lipinski definition) is 4. The normalized spacial score (nSPS) is 10.3. The molecule has 4 nitrogen and oxygen atoms in total. The Bertz CT molecular complexity index is 510. The molecule has 0 fully saturated rings. The highest BCUT2D eigenvalue weighted by atomic mass is 15.2. The second kappa shape index (κ2) is 5.49.